The monoisotopic (exact) mass is 746 g/mol. The zero-order valence-electron chi connectivity index (χ0n) is 34.2. The molecule has 3 rings (SSSR count). The van der Waals surface area contributed by atoms with Gasteiger partial charge in [0.1, 0.15) is 23.0 Å². The van der Waals surface area contributed by atoms with E-state index in [0.717, 1.165) is 0 Å². The number of carbonyl (C=O) groups excluding carboxylic acids is 4. The number of aryl methyl sites for hydroxylation is 1. The minimum atomic E-state index is -0.590. The van der Waals surface area contributed by atoms with Gasteiger partial charge in [-0.2, -0.15) is 0 Å². The van der Waals surface area contributed by atoms with Crippen molar-refractivity contribution in [3.05, 3.63) is 83.4 Å². The summed E-state index contributed by atoms with van der Waals surface area (Å²) in [5.74, 6) is -1.00. The van der Waals surface area contributed by atoms with Crippen molar-refractivity contribution < 1.29 is 47.6 Å². The molecule has 3 aromatic carbocycles. The van der Waals surface area contributed by atoms with Crippen LogP contribution < -0.4 is 18.9 Å². The van der Waals surface area contributed by atoms with Crippen LogP contribution in [0.2, 0.25) is 0 Å². The number of ether oxygens (including phenoxy) is 6. The molecule has 10 heteroatoms. The maximum absolute atomic E-state index is 12.9. The maximum Gasteiger partial charge on any atom is 0.343 e. The molecular weight excluding hydrogens is 688 g/mol. The molecule has 0 aromatic heterocycles. The summed E-state index contributed by atoms with van der Waals surface area (Å²) in [6.45, 7) is 25.6. The third kappa shape index (κ3) is 13.2. The lowest BCUT2D eigenvalue weighted by atomic mass is 9.67. The maximum atomic E-state index is 12.9. The van der Waals surface area contributed by atoms with E-state index in [1.165, 1.54) is 6.07 Å². The van der Waals surface area contributed by atoms with Gasteiger partial charge < -0.3 is 28.4 Å². The molecule has 0 aliphatic carbocycles. The molecule has 0 amide bonds. The average molecular weight is 747 g/mol. The molecule has 0 fully saturated rings. The summed E-state index contributed by atoms with van der Waals surface area (Å²) in [5, 5.41) is 0. The lowest BCUT2D eigenvalue weighted by Crippen LogP contribution is -2.40. The number of carbonyl (C=O) groups is 4. The highest BCUT2D eigenvalue weighted by Crippen LogP contribution is 2.41. The van der Waals surface area contributed by atoms with Crippen molar-refractivity contribution >= 4 is 23.9 Å². The molecular formula is C44H58O10. The van der Waals surface area contributed by atoms with E-state index in [0.29, 0.717) is 29.2 Å². The number of esters is 4. The van der Waals surface area contributed by atoms with Crippen molar-refractivity contribution in [1.82, 2.24) is 0 Å². The van der Waals surface area contributed by atoms with E-state index in [1.54, 1.807) is 67.6 Å². The van der Waals surface area contributed by atoms with E-state index < -0.39 is 11.9 Å². The molecule has 294 valence electrons. The lowest BCUT2D eigenvalue weighted by molar-refractivity contribution is -0.164. The van der Waals surface area contributed by atoms with Crippen LogP contribution in [0.25, 0.3) is 0 Å². The zero-order valence-corrected chi connectivity index (χ0v) is 34.2. The van der Waals surface area contributed by atoms with Gasteiger partial charge in [-0.15, -0.1) is 0 Å². The molecule has 3 aromatic rings. The Kier molecular flexibility index (Phi) is 14.1. The van der Waals surface area contributed by atoms with E-state index in [1.807, 2.05) is 62.3 Å². The van der Waals surface area contributed by atoms with Gasteiger partial charge in [0.05, 0.1) is 23.0 Å². The molecule has 0 saturated heterocycles. The Morgan fingerprint density at radius 2 is 0.963 bits per heavy atom. The summed E-state index contributed by atoms with van der Waals surface area (Å²) >= 11 is 0. The average Bonchev–Trinajstić information content (AvgIpc) is 3.03. The summed E-state index contributed by atoms with van der Waals surface area (Å²) < 4.78 is 33.2. The molecule has 0 radical (unpaired) electrons. The van der Waals surface area contributed by atoms with Crippen molar-refractivity contribution in [3.8, 4) is 23.0 Å². The van der Waals surface area contributed by atoms with E-state index in [9.17, 15) is 19.2 Å². The second kappa shape index (κ2) is 17.5. The van der Waals surface area contributed by atoms with Gasteiger partial charge >= 0.3 is 23.9 Å². The smallest absolute Gasteiger partial charge is 0.343 e. The molecule has 0 bridgehead atoms. The van der Waals surface area contributed by atoms with Crippen LogP contribution in [0.15, 0.2) is 66.7 Å². The first-order chi connectivity index (χ1) is 24.8. The van der Waals surface area contributed by atoms with Crippen molar-refractivity contribution in [1.29, 1.82) is 0 Å². The van der Waals surface area contributed by atoms with E-state index >= 15 is 0 Å². The Morgan fingerprint density at radius 1 is 0.537 bits per heavy atom. The number of hydrogen-bond acceptors (Lipinski definition) is 10. The summed E-state index contributed by atoms with van der Waals surface area (Å²) in [6.07, 6.45) is 0.685. The summed E-state index contributed by atoms with van der Waals surface area (Å²) in [4.78, 5) is 51.4. The largest absolute Gasteiger partial charge is 0.457 e. The Bertz CT molecular complexity index is 1730. The second-order valence-corrected chi connectivity index (χ2v) is 18.1. The van der Waals surface area contributed by atoms with Crippen LogP contribution in [-0.4, -0.2) is 37.5 Å². The number of hydrogen-bond donors (Lipinski definition) is 0. The highest BCUT2D eigenvalue weighted by molar-refractivity contribution is 5.92. The molecule has 10 nitrogen and oxygen atoms in total. The SMILES string of the molecule is Cc1cc(OC(=O)c2ccc(OCOC(=O)C(CC(C)(C)C)C(C)(C)C)cc2)ccc1OC(=O)c1ccc(OCOC(=O)C(C(C)(C)C)C(C)(C)C)cc1. The number of benzene rings is 3. The predicted molar refractivity (Wildman–Crippen MR) is 207 cm³/mol. The summed E-state index contributed by atoms with van der Waals surface area (Å²) in [6, 6.07) is 17.3. The Labute approximate surface area is 320 Å². The van der Waals surface area contributed by atoms with E-state index in [2.05, 4.69) is 20.8 Å². The molecule has 0 aliphatic heterocycles. The fraction of sp³-hybridized carbons (Fsp3) is 0.500. The van der Waals surface area contributed by atoms with Crippen molar-refractivity contribution in [2.24, 2.45) is 33.5 Å². The molecule has 0 aliphatic rings. The van der Waals surface area contributed by atoms with Gasteiger partial charge in [-0.25, -0.2) is 9.59 Å². The minimum Gasteiger partial charge on any atom is -0.457 e. The van der Waals surface area contributed by atoms with Gasteiger partial charge in [-0.05, 0) is 107 Å². The fourth-order valence-corrected chi connectivity index (χ4v) is 6.36. The molecule has 1 unspecified atom stereocenters. The topological polar surface area (TPSA) is 124 Å². The van der Waals surface area contributed by atoms with Crippen LogP contribution in [0.1, 0.15) is 116 Å². The van der Waals surface area contributed by atoms with Crippen LogP contribution in [-0.2, 0) is 19.1 Å². The van der Waals surface area contributed by atoms with Gasteiger partial charge in [-0.1, -0.05) is 83.1 Å². The first-order valence-electron chi connectivity index (χ1n) is 18.2. The van der Waals surface area contributed by atoms with Crippen molar-refractivity contribution in [2.75, 3.05) is 13.6 Å². The highest BCUT2D eigenvalue weighted by atomic mass is 16.7. The highest BCUT2D eigenvalue weighted by Gasteiger charge is 2.41. The molecule has 54 heavy (non-hydrogen) atoms. The van der Waals surface area contributed by atoms with Gasteiger partial charge in [0.15, 0.2) is 0 Å². The third-order valence-corrected chi connectivity index (χ3v) is 8.71. The first-order valence-corrected chi connectivity index (χ1v) is 18.2. The van der Waals surface area contributed by atoms with Crippen molar-refractivity contribution in [2.45, 2.75) is 96.4 Å². The third-order valence-electron chi connectivity index (χ3n) is 8.71. The predicted octanol–water partition coefficient (Wildman–Crippen LogP) is 10.00. The molecule has 1 atom stereocenters. The fourth-order valence-electron chi connectivity index (χ4n) is 6.36. The van der Waals surface area contributed by atoms with Crippen molar-refractivity contribution in [3.63, 3.8) is 0 Å². The quantitative estimate of drug-likeness (QED) is 0.0948. The van der Waals surface area contributed by atoms with Crippen LogP contribution in [0, 0.1) is 40.4 Å². The van der Waals surface area contributed by atoms with Gasteiger partial charge in [0.25, 0.3) is 0 Å². The Morgan fingerprint density at radius 3 is 1.37 bits per heavy atom. The van der Waals surface area contributed by atoms with E-state index in [4.69, 9.17) is 28.4 Å². The first kappa shape index (κ1) is 43.5. The lowest BCUT2D eigenvalue weighted by Gasteiger charge is -2.38. The standard InChI is InChI=1S/C44H58O10/c1-28-24-33(53-37(45)29-14-18-31(19-15-29)49-26-51-39(47)34(42(5,6)7)25-41(2,3)4)22-23-35(28)54-38(46)30-16-20-32(21-17-30)50-27-52-40(48)36(43(8,9)10)44(11,12)13/h14-24,34,36H,25-27H2,1-13H3. The van der Waals surface area contributed by atoms with Gasteiger partial charge in [-0.3, -0.25) is 9.59 Å². The second-order valence-electron chi connectivity index (χ2n) is 18.1. The van der Waals surface area contributed by atoms with E-state index in [-0.39, 0.29) is 75.9 Å². The summed E-state index contributed by atoms with van der Waals surface area (Å²) in [7, 11) is 0. The molecule has 0 N–H and O–H groups in total. The van der Waals surface area contributed by atoms with Gasteiger partial charge in [0.2, 0.25) is 13.6 Å². The summed E-state index contributed by atoms with van der Waals surface area (Å²) in [5.41, 5.74) is 0.290. The minimum absolute atomic E-state index is 0.0357. The van der Waals surface area contributed by atoms with Crippen LogP contribution >= 0.6 is 0 Å². The Balaban J connectivity index is 1.50. The Hall–Kier alpha value is -4.86. The van der Waals surface area contributed by atoms with Gasteiger partial charge in [0, 0.05) is 0 Å². The molecule has 0 saturated carbocycles. The van der Waals surface area contributed by atoms with Crippen LogP contribution in [0.3, 0.4) is 0 Å². The van der Waals surface area contributed by atoms with Crippen LogP contribution in [0.4, 0.5) is 0 Å². The molecule has 0 heterocycles. The number of rotatable bonds is 13. The van der Waals surface area contributed by atoms with Crippen LogP contribution in [0.5, 0.6) is 23.0 Å². The zero-order chi connectivity index (χ0) is 40.6. The molecule has 0 spiro atoms. The normalized spacial score (nSPS) is 12.8.